The minimum atomic E-state index is -0.987. The minimum Gasteiger partial charge on any atom is -0.478 e. The standard InChI is InChI=1S/C9H16O3/c1-4-5-6-12-8(3)7(2)9(10)11/h8H,2,4-6H2,1,3H3,(H,10,11). The van der Waals surface area contributed by atoms with Crippen LogP contribution in [0.1, 0.15) is 26.7 Å². The maximum Gasteiger partial charge on any atom is 0.333 e. The molecule has 3 heteroatoms. The van der Waals surface area contributed by atoms with Gasteiger partial charge in [0.15, 0.2) is 0 Å². The predicted molar refractivity (Wildman–Crippen MR) is 47.1 cm³/mol. The highest BCUT2D eigenvalue weighted by Gasteiger charge is 2.12. The van der Waals surface area contributed by atoms with Crippen molar-refractivity contribution in [2.75, 3.05) is 6.61 Å². The zero-order chi connectivity index (χ0) is 9.56. The number of hydrogen-bond acceptors (Lipinski definition) is 2. The van der Waals surface area contributed by atoms with Crippen LogP contribution in [0.3, 0.4) is 0 Å². The van der Waals surface area contributed by atoms with E-state index >= 15 is 0 Å². The van der Waals surface area contributed by atoms with E-state index in [2.05, 4.69) is 13.5 Å². The molecule has 1 atom stereocenters. The number of rotatable bonds is 6. The molecule has 0 aliphatic heterocycles. The van der Waals surface area contributed by atoms with Crippen molar-refractivity contribution in [3.63, 3.8) is 0 Å². The van der Waals surface area contributed by atoms with E-state index in [9.17, 15) is 4.79 Å². The topological polar surface area (TPSA) is 46.5 Å². The van der Waals surface area contributed by atoms with Crippen LogP contribution in [0.4, 0.5) is 0 Å². The Morgan fingerprint density at radius 2 is 2.25 bits per heavy atom. The van der Waals surface area contributed by atoms with Gasteiger partial charge in [-0.1, -0.05) is 19.9 Å². The molecule has 3 nitrogen and oxygen atoms in total. The Hall–Kier alpha value is -0.830. The van der Waals surface area contributed by atoms with E-state index < -0.39 is 5.97 Å². The summed E-state index contributed by atoms with van der Waals surface area (Å²) in [5.41, 5.74) is 0.117. The summed E-state index contributed by atoms with van der Waals surface area (Å²) in [5.74, 6) is -0.987. The number of carbonyl (C=O) groups is 1. The molecule has 12 heavy (non-hydrogen) atoms. The second-order valence-corrected chi connectivity index (χ2v) is 2.70. The van der Waals surface area contributed by atoms with Gasteiger partial charge in [-0.25, -0.2) is 4.79 Å². The van der Waals surface area contributed by atoms with Crippen molar-refractivity contribution >= 4 is 5.97 Å². The lowest BCUT2D eigenvalue weighted by Gasteiger charge is -2.11. The molecule has 0 rings (SSSR count). The maximum absolute atomic E-state index is 10.4. The van der Waals surface area contributed by atoms with E-state index in [1.165, 1.54) is 0 Å². The fraction of sp³-hybridized carbons (Fsp3) is 0.667. The molecule has 0 aromatic rings. The Morgan fingerprint density at radius 1 is 1.67 bits per heavy atom. The van der Waals surface area contributed by atoms with Gasteiger partial charge < -0.3 is 9.84 Å². The van der Waals surface area contributed by atoms with E-state index in [4.69, 9.17) is 9.84 Å². The average Bonchev–Trinajstić information content (AvgIpc) is 2.03. The van der Waals surface area contributed by atoms with Crippen LogP contribution in [0.15, 0.2) is 12.2 Å². The molecule has 0 aromatic heterocycles. The molecule has 0 aromatic carbocycles. The number of unbranched alkanes of at least 4 members (excludes halogenated alkanes) is 1. The highest BCUT2D eigenvalue weighted by molar-refractivity contribution is 5.86. The van der Waals surface area contributed by atoms with Crippen LogP contribution in [0.2, 0.25) is 0 Å². The Kier molecular flexibility index (Phi) is 5.37. The Labute approximate surface area is 73.0 Å². The van der Waals surface area contributed by atoms with E-state index in [0.29, 0.717) is 6.61 Å². The van der Waals surface area contributed by atoms with Crippen molar-refractivity contribution in [2.24, 2.45) is 0 Å². The van der Waals surface area contributed by atoms with Crippen LogP contribution in [0.25, 0.3) is 0 Å². The third-order valence-corrected chi connectivity index (χ3v) is 1.63. The fourth-order valence-electron chi connectivity index (χ4n) is 0.679. The highest BCUT2D eigenvalue weighted by Crippen LogP contribution is 2.04. The highest BCUT2D eigenvalue weighted by atomic mass is 16.5. The second kappa shape index (κ2) is 5.77. The largest absolute Gasteiger partial charge is 0.478 e. The van der Waals surface area contributed by atoms with Gasteiger partial charge in [-0.05, 0) is 13.3 Å². The SMILES string of the molecule is C=C(C(=O)O)C(C)OCCCC. The third-order valence-electron chi connectivity index (χ3n) is 1.63. The molecular formula is C9H16O3. The molecule has 0 aliphatic carbocycles. The molecule has 0 fully saturated rings. The quantitative estimate of drug-likeness (QED) is 0.491. The van der Waals surface area contributed by atoms with Gasteiger partial charge in [-0.2, -0.15) is 0 Å². The maximum atomic E-state index is 10.4. The van der Waals surface area contributed by atoms with Gasteiger partial charge in [0.25, 0.3) is 0 Å². The first-order chi connectivity index (χ1) is 5.59. The molecule has 0 bridgehead atoms. The molecule has 70 valence electrons. The van der Waals surface area contributed by atoms with Gasteiger partial charge in [0.05, 0.1) is 11.7 Å². The number of aliphatic carboxylic acids is 1. The molecule has 1 unspecified atom stereocenters. The van der Waals surface area contributed by atoms with Gasteiger partial charge in [-0.15, -0.1) is 0 Å². The molecule has 0 saturated carbocycles. The zero-order valence-corrected chi connectivity index (χ0v) is 7.67. The summed E-state index contributed by atoms with van der Waals surface area (Å²) >= 11 is 0. The Balaban J connectivity index is 3.64. The van der Waals surface area contributed by atoms with Crippen molar-refractivity contribution in [3.05, 3.63) is 12.2 Å². The van der Waals surface area contributed by atoms with Crippen LogP contribution in [0, 0.1) is 0 Å². The summed E-state index contributed by atoms with van der Waals surface area (Å²) in [5, 5.41) is 8.53. The van der Waals surface area contributed by atoms with Crippen LogP contribution < -0.4 is 0 Å². The third kappa shape index (κ3) is 4.13. The summed E-state index contributed by atoms with van der Waals surface area (Å²) in [4.78, 5) is 10.4. The summed E-state index contributed by atoms with van der Waals surface area (Å²) in [6.07, 6.45) is 1.62. The molecule has 0 radical (unpaired) electrons. The summed E-state index contributed by atoms with van der Waals surface area (Å²) in [6, 6.07) is 0. The molecular weight excluding hydrogens is 156 g/mol. The van der Waals surface area contributed by atoms with Crippen molar-refractivity contribution in [1.82, 2.24) is 0 Å². The van der Waals surface area contributed by atoms with Crippen molar-refractivity contribution < 1.29 is 14.6 Å². The van der Waals surface area contributed by atoms with Crippen LogP contribution >= 0.6 is 0 Å². The van der Waals surface area contributed by atoms with Crippen LogP contribution in [0.5, 0.6) is 0 Å². The van der Waals surface area contributed by atoms with Gasteiger partial charge in [0.2, 0.25) is 0 Å². The van der Waals surface area contributed by atoms with E-state index in [1.54, 1.807) is 6.92 Å². The van der Waals surface area contributed by atoms with Gasteiger partial charge in [0.1, 0.15) is 0 Å². The lowest BCUT2D eigenvalue weighted by Crippen LogP contribution is -2.17. The van der Waals surface area contributed by atoms with Crippen molar-refractivity contribution in [1.29, 1.82) is 0 Å². The van der Waals surface area contributed by atoms with Gasteiger partial charge in [-0.3, -0.25) is 0 Å². The minimum absolute atomic E-state index is 0.117. The number of carboxylic acids is 1. The van der Waals surface area contributed by atoms with E-state index in [0.717, 1.165) is 12.8 Å². The smallest absolute Gasteiger partial charge is 0.333 e. The van der Waals surface area contributed by atoms with Gasteiger partial charge in [0, 0.05) is 6.61 Å². The number of ether oxygens (including phenoxy) is 1. The van der Waals surface area contributed by atoms with E-state index in [1.807, 2.05) is 0 Å². The molecule has 1 N–H and O–H groups in total. The lowest BCUT2D eigenvalue weighted by atomic mass is 10.2. The average molecular weight is 172 g/mol. The van der Waals surface area contributed by atoms with Crippen molar-refractivity contribution in [2.45, 2.75) is 32.8 Å². The second-order valence-electron chi connectivity index (χ2n) is 2.70. The first-order valence-electron chi connectivity index (χ1n) is 4.13. The summed E-state index contributed by atoms with van der Waals surface area (Å²) in [6.45, 7) is 7.77. The molecule has 0 saturated heterocycles. The zero-order valence-electron chi connectivity index (χ0n) is 7.67. The monoisotopic (exact) mass is 172 g/mol. The van der Waals surface area contributed by atoms with Crippen LogP contribution in [-0.4, -0.2) is 23.8 Å². The fourth-order valence-corrected chi connectivity index (χ4v) is 0.679. The van der Waals surface area contributed by atoms with Crippen molar-refractivity contribution in [3.8, 4) is 0 Å². The molecule has 0 aliphatic rings. The molecule has 0 heterocycles. The molecule has 0 amide bonds. The predicted octanol–water partition coefficient (Wildman–Crippen LogP) is 1.83. The lowest BCUT2D eigenvalue weighted by molar-refractivity contribution is -0.134. The normalized spacial score (nSPS) is 12.5. The summed E-state index contributed by atoms with van der Waals surface area (Å²) in [7, 11) is 0. The summed E-state index contributed by atoms with van der Waals surface area (Å²) < 4.78 is 5.23. The molecule has 0 spiro atoms. The number of hydrogen-bond donors (Lipinski definition) is 1. The van der Waals surface area contributed by atoms with E-state index in [-0.39, 0.29) is 11.7 Å². The number of carboxylic acid groups (broad SMARTS) is 1. The Morgan fingerprint density at radius 3 is 2.67 bits per heavy atom. The van der Waals surface area contributed by atoms with Crippen LogP contribution in [-0.2, 0) is 9.53 Å². The van der Waals surface area contributed by atoms with Gasteiger partial charge >= 0.3 is 5.97 Å². The Bertz CT molecular complexity index is 163. The first kappa shape index (κ1) is 11.2. The first-order valence-corrected chi connectivity index (χ1v) is 4.13.